The van der Waals surface area contributed by atoms with Gasteiger partial charge in [-0.05, 0) is 107 Å². The number of hydrazine groups is 1. The van der Waals surface area contributed by atoms with E-state index in [0.29, 0.717) is 19.7 Å². The van der Waals surface area contributed by atoms with Crippen molar-refractivity contribution in [3.63, 3.8) is 0 Å². The molecular formula is C25H15Br4N3O7. The van der Waals surface area contributed by atoms with Gasteiger partial charge in [0, 0.05) is 41.2 Å². The third kappa shape index (κ3) is 5.06. The molecular weight excluding hydrogens is 774 g/mol. The van der Waals surface area contributed by atoms with Crippen molar-refractivity contribution in [2.45, 2.75) is 13.0 Å². The van der Waals surface area contributed by atoms with Gasteiger partial charge in [0.15, 0.2) is 5.78 Å². The van der Waals surface area contributed by atoms with Gasteiger partial charge < -0.3 is 4.74 Å². The van der Waals surface area contributed by atoms with Crippen molar-refractivity contribution in [1.82, 2.24) is 10.0 Å². The molecule has 10 nitrogen and oxygen atoms in total. The molecule has 1 aliphatic rings. The highest BCUT2D eigenvalue weighted by atomic mass is 79.9. The molecule has 0 spiro atoms. The molecule has 0 unspecified atom stereocenters. The average Bonchev–Trinajstić information content (AvgIpc) is 3.20. The first-order chi connectivity index (χ1) is 18.4. The smallest absolute Gasteiger partial charge is 0.282 e. The van der Waals surface area contributed by atoms with Gasteiger partial charge in [0.05, 0.1) is 23.2 Å². The minimum absolute atomic E-state index is 0.0208. The number of hydrogen-bond donors (Lipinski definition) is 0. The molecule has 0 saturated heterocycles. The molecule has 39 heavy (non-hydrogen) atoms. The number of nitrogens with zero attached hydrogens (tertiary/aromatic N) is 3. The van der Waals surface area contributed by atoms with Crippen LogP contribution < -0.4 is 4.74 Å². The van der Waals surface area contributed by atoms with E-state index in [2.05, 4.69) is 63.7 Å². The standard InChI is InChI=1S/C25H15Br4N3O7/c1-11(22(33)12-5-9-15(39-2)10-6-12)30(23(34)13-3-7-14(8-4-13)32(37)38)31-24(35)16-17(25(31)36)19(27)21(29)20(28)18(16)26/h3-11H,1-2H3/t11-/m1/s1. The van der Waals surface area contributed by atoms with Gasteiger partial charge in [0.2, 0.25) is 0 Å². The van der Waals surface area contributed by atoms with Crippen LogP contribution in [0.25, 0.3) is 0 Å². The summed E-state index contributed by atoms with van der Waals surface area (Å²) in [7, 11) is 1.47. The molecule has 0 saturated carbocycles. The number of carbonyl (C=O) groups is 4. The fourth-order valence-corrected chi connectivity index (χ4v) is 6.40. The Bertz CT molecular complexity index is 1510. The molecule has 14 heteroatoms. The zero-order valence-electron chi connectivity index (χ0n) is 19.9. The number of amides is 3. The predicted octanol–water partition coefficient (Wildman–Crippen LogP) is 6.58. The Morgan fingerprint density at radius 3 is 1.74 bits per heavy atom. The number of rotatable bonds is 7. The number of methoxy groups -OCH3 is 1. The molecule has 0 bridgehead atoms. The van der Waals surface area contributed by atoms with E-state index in [9.17, 15) is 29.3 Å². The Morgan fingerprint density at radius 2 is 1.31 bits per heavy atom. The molecule has 0 fully saturated rings. The average molecular weight is 789 g/mol. The van der Waals surface area contributed by atoms with Crippen LogP contribution in [-0.2, 0) is 0 Å². The van der Waals surface area contributed by atoms with Gasteiger partial charge in [-0.3, -0.25) is 29.3 Å². The van der Waals surface area contributed by atoms with Gasteiger partial charge in [0.1, 0.15) is 11.8 Å². The highest BCUT2D eigenvalue weighted by molar-refractivity contribution is 9.15. The van der Waals surface area contributed by atoms with E-state index in [-0.39, 0.29) is 36.9 Å². The Morgan fingerprint density at radius 1 is 0.846 bits per heavy atom. The largest absolute Gasteiger partial charge is 0.497 e. The summed E-state index contributed by atoms with van der Waals surface area (Å²) < 4.78 is 6.57. The second-order valence-electron chi connectivity index (χ2n) is 8.15. The number of nitro benzene ring substituents is 1. The summed E-state index contributed by atoms with van der Waals surface area (Å²) >= 11 is 13.4. The molecule has 0 N–H and O–H groups in total. The van der Waals surface area contributed by atoms with E-state index in [1.807, 2.05) is 0 Å². The molecule has 0 radical (unpaired) electrons. The zero-order valence-corrected chi connectivity index (χ0v) is 26.3. The maximum atomic E-state index is 13.8. The maximum Gasteiger partial charge on any atom is 0.282 e. The van der Waals surface area contributed by atoms with E-state index in [0.717, 1.165) is 17.1 Å². The number of halogens is 4. The van der Waals surface area contributed by atoms with Gasteiger partial charge in [-0.2, -0.15) is 5.01 Å². The number of nitro groups is 1. The number of ketones is 1. The normalized spacial score (nSPS) is 13.2. The Labute approximate surface area is 254 Å². The first-order valence-electron chi connectivity index (χ1n) is 10.9. The second kappa shape index (κ2) is 11.3. The van der Waals surface area contributed by atoms with Crippen molar-refractivity contribution in [3.05, 3.63) is 98.8 Å². The monoisotopic (exact) mass is 785 g/mol. The third-order valence-corrected chi connectivity index (χ3v) is 10.7. The van der Waals surface area contributed by atoms with Crippen LogP contribution in [0.2, 0.25) is 0 Å². The molecule has 200 valence electrons. The molecule has 1 atom stereocenters. The van der Waals surface area contributed by atoms with Crippen LogP contribution in [0.4, 0.5) is 5.69 Å². The molecule has 0 aromatic heterocycles. The lowest BCUT2D eigenvalue weighted by atomic mass is 10.0. The number of imide groups is 1. The lowest BCUT2D eigenvalue weighted by Crippen LogP contribution is -2.56. The highest BCUT2D eigenvalue weighted by Crippen LogP contribution is 2.46. The van der Waals surface area contributed by atoms with Crippen LogP contribution in [-0.4, -0.2) is 51.6 Å². The van der Waals surface area contributed by atoms with Gasteiger partial charge in [-0.25, -0.2) is 5.01 Å². The van der Waals surface area contributed by atoms with E-state index < -0.39 is 34.5 Å². The number of benzene rings is 3. The van der Waals surface area contributed by atoms with Crippen LogP contribution in [0.1, 0.15) is 48.4 Å². The highest BCUT2D eigenvalue weighted by Gasteiger charge is 2.48. The second-order valence-corrected chi connectivity index (χ2v) is 11.3. The van der Waals surface area contributed by atoms with E-state index in [1.165, 1.54) is 38.3 Å². The Hall–Kier alpha value is -2.94. The summed E-state index contributed by atoms with van der Waals surface area (Å²) in [4.78, 5) is 65.3. The number of hydrogen-bond acceptors (Lipinski definition) is 7. The van der Waals surface area contributed by atoms with Crippen molar-refractivity contribution in [3.8, 4) is 5.75 Å². The number of ether oxygens (including phenoxy) is 1. The summed E-state index contributed by atoms with van der Waals surface area (Å²) in [5.41, 5.74) is -0.176. The summed E-state index contributed by atoms with van der Waals surface area (Å²) in [6.07, 6.45) is 0. The number of Topliss-reactive ketones (excluding diaryl/α,β-unsaturated/α-hetero) is 1. The molecule has 3 amide bonds. The third-order valence-electron chi connectivity index (χ3n) is 5.95. The lowest BCUT2D eigenvalue weighted by molar-refractivity contribution is -0.384. The summed E-state index contributed by atoms with van der Waals surface area (Å²) in [6, 6.07) is 9.39. The molecule has 3 aromatic carbocycles. The van der Waals surface area contributed by atoms with E-state index >= 15 is 0 Å². The quantitative estimate of drug-likeness (QED) is 0.0662. The van der Waals surface area contributed by atoms with Gasteiger partial charge in [-0.15, -0.1) is 0 Å². The zero-order chi connectivity index (χ0) is 28.8. The Kier molecular flexibility index (Phi) is 8.40. The lowest BCUT2D eigenvalue weighted by Gasteiger charge is -2.34. The molecule has 1 heterocycles. The van der Waals surface area contributed by atoms with Crippen molar-refractivity contribution < 1.29 is 28.8 Å². The molecule has 4 rings (SSSR count). The van der Waals surface area contributed by atoms with Crippen LogP contribution in [0.3, 0.4) is 0 Å². The predicted molar refractivity (Wildman–Crippen MR) is 154 cm³/mol. The minimum Gasteiger partial charge on any atom is -0.497 e. The Balaban J connectivity index is 1.85. The summed E-state index contributed by atoms with van der Waals surface area (Å²) in [5.74, 6) is -2.64. The fourth-order valence-electron chi connectivity index (χ4n) is 3.94. The van der Waals surface area contributed by atoms with Crippen molar-refractivity contribution >= 4 is 92.9 Å². The van der Waals surface area contributed by atoms with Crippen molar-refractivity contribution in [1.29, 1.82) is 0 Å². The van der Waals surface area contributed by atoms with Crippen molar-refractivity contribution in [2.75, 3.05) is 7.11 Å². The molecule has 1 aliphatic heterocycles. The first-order valence-corrected chi connectivity index (χ1v) is 14.1. The van der Waals surface area contributed by atoms with Crippen LogP contribution in [0.15, 0.2) is 66.4 Å². The van der Waals surface area contributed by atoms with Crippen molar-refractivity contribution in [2.24, 2.45) is 0 Å². The fraction of sp³-hybridized carbons (Fsp3) is 0.120. The van der Waals surface area contributed by atoms with Gasteiger partial charge in [0.25, 0.3) is 23.4 Å². The summed E-state index contributed by atoms with van der Waals surface area (Å²) in [5, 5.41) is 12.5. The van der Waals surface area contributed by atoms with E-state index in [1.54, 1.807) is 12.1 Å². The topological polar surface area (TPSA) is 127 Å². The summed E-state index contributed by atoms with van der Waals surface area (Å²) in [6.45, 7) is 1.38. The van der Waals surface area contributed by atoms with Gasteiger partial charge in [-0.1, -0.05) is 0 Å². The van der Waals surface area contributed by atoms with Gasteiger partial charge >= 0.3 is 0 Å². The number of fused-ring (bicyclic) bond motifs is 1. The number of carbonyl (C=O) groups excluding carboxylic acids is 4. The first kappa shape index (κ1) is 29.1. The SMILES string of the molecule is COc1ccc(C(=O)[C@@H](C)N(C(=O)c2ccc([N+](=O)[O-])cc2)N2C(=O)c3c(Br)c(Br)c(Br)c(Br)c3C2=O)cc1. The van der Waals surface area contributed by atoms with E-state index in [4.69, 9.17) is 4.74 Å². The van der Waals surface area contributed by atoms with Crippen LogP contribution in [0, 0.1) is 10.1 Å². The number of non-ortho nitro benzene ring substituents is 1. The maximum absolute atomic E-state index is 13.8. The minimum atomic E-state index is -1.34. The molecule has 0 aliphatic carbocycles. The molecule has 3 aromatic rings. The van der Waals surface area contributed by atoms with Crippen LogP contribution >= 0.6 is 63.7 Å². The van der Waals surface area contributed by atoms with Crippen LogP contribution in [0.5, 0.6) is 5.75 Å².